The molecule has 114 valence electrons. The van der Waals surface area contributed by atoms with Crippen molar-refractivity contribution in [2.45, 2.75) is 19.4 Å². The van der Waals surface area contributed by atoms with Crippen molar-refractivity contribution in [3.05, 3.63) is 35.7 Å². The van der Waals surface area contributed by atoms with Crippen LogP contribution in [0.5, 0.6) is 5.75 Å². The van der Waals surface area contributed by atoms with Crippen LogP contribution in [0.15, 0.2) is 30.1 Å². The first kappa shape index (κ1) is 15.5. The summed E-state index contributed by atoms with van der Waals surface area (Å²) < 4.78 is 5.51. The molecule has 4 N–H and O–H groups in total. The van der Waals surface area contributed by atoms with Crippen LogP contribution in [-0.2, 0) is 11.2 Å². The first-order valence-electron chi connectivity index (χ1n) is 6.68. The number of nitrogens with one attached hydrogen (secondary N) is 1. The van der Waals surface area contributed by atoms with Crippen LogP contribution in [0, 0.1) is 11.3 Å². The van der Waals surface area contributed by atoms with Crippen LogP contribution in [0.3, 0.4) is 0 Å². The predicted octanol–water partition coefficient (Wildman–Crippen LogP) is 0.800. The SMILES string of the molecule is CC(CO)Oc1cnc2[nH]cc(C/C=C(\C#N)C(N)=O)c2c1. The van der Waals surface area contributed by atoms with Crippen molar-refractivity contribution in [3.8, 4) is 11.8 Å². The van der Waals surface area contributed by atoms with E-state index in [1.807, 2.05) is 0 Å². The molecule has 7 nitrogen and oxygen atoms in total. The van der Waals surface area contributed by atoms with Gasteiger partial charge in [-0.3, -0.25) is 4.79 Å². The fraction of sp³-hybridized carbons (Fsp3) is 0.267. The summed E-state index contributed by atoms with van der Waals surface area (Å²) >= 11 is 0. The van der Waals surface area contributed by atoms with Gasteiger partial charge in [0, 0.05) is 11.6 Å². The van der Waals surface area contributed by atoms with Gasteiger partial charge in [0.25, 0.3) is 5.91 Å². The van der Waals surface area contributed by atoms with Gasteiger partial charge in [-0.05, 0) is 25.0 Å². The summed E-state index contributed by atoms with van der Waals surface area (Å²) in [7, 11) is 0. The monoisotopic (exact) mass is 300 g/mol. The zero-order chi connectivity index (χ0) is 16.1. The third-order valence-corrected chi connectivity index (χ3v) is 3.10. The molecule has 2 heterocycles. The van der Waals surface area contributed by atoms with Gasteiger partial charge >= 0.3 is 0 Å². The summed E-state index contributed by atoms with van der Waals surface area (Å²) in [5.41, 5.74) is 6.55. The summed E-state index contributed by atoms with van der Waals surface area (Å²) in [6.45, 7) is 1.65. The fourth-order valence-electron chi connectivity index (χ4n) is 1.95. The van der Waals surface area contributed by atoms with Crippen LogP contribution in [-0.4, -0.2) is 33.7 Å². The number of hydrogen-bond acceptors (Lipinski definition) is 5. The van der Waals surface area contributed by atoms with E-state index in [1.165, 1.54) is 6.08 Å². The van der Waals surface area contributed by atoms with E-state index in [0.29, 0.717) is 17.8 Å². The number of aliphatic hydroxyl groups is 1. The van der Waals surface area contributed by atoms with Crippen molar-refractivity contribution >= 4 is 16.9 Å². The number of nitrogens with two attached hydrogens (primary N) is 1. The third-order valence-electron chi connectivity index (χ3n) is 3.10. The van der Waals surface area contributed by atoms with Gasteiger partial charge in [-0.1, -0.05) is 6.08 Å². The van der Waals surface area contributed by atoms with Crippen LogP contribution in [0.25, 0.3) is 11.0 Å². The maximum absolute atomic E-state index is 11.0. The second-order valence-corrected chi connectivity index (χ2v) is 4.79. The number of H-pyrrole nitrogens is 1. The van der Waals surface area contributed by atoms with Gasteiger partial charge in [0.2, 0.25) is 0 Å². The molecular weight excluding hydrogens is 284 g/mol. The maximum Gasteiger partial charge on any atom is 0.259 e. The number of allylic oxidation sites excluding steroid dienone is 1. The highest BCUT2D eigenvalue weighted by Crippen LogP contribution is 2.23. The average Bonchev–Trinajstić information content (AvgIpc) is 2.90. The molecule has 0 radical (unpaired) electrons. The minimum absolute atomic E-state index is 0.0800. The topological polar surface area (TPSA) is 125 Å². The lowest BCUT2D eigenvalue weighted by Crippen LogP contribution is -2.16. The molecule has 0 saturated carbocycles. The smallest absolute Gasteiger partial charge is 0.259 e. The number of fused-ring (bicyclic) bond motifs is 1. The van der Waals surface area contributed by atoms with E-state index in [0.717, 1.165) is 10.9 Å². The van der Waals surface area contributed by atoms with Crippen LogP contribution in [0.1, 0.15) is 12.5 Å². The van der Waals surface area contributed by atoms with E-state index in [2.05, 4.69) is 9.97 Å². The molecule has 2 aromatic rings. The number of aliphatic hydroxyl groups excluding tert-OH is 1. The van der Waals surface area contributed by atoms with Gasteiger partial charge in [-0.2, -0.15) is 5.26 Å². The lowest BCUT2D eigenvalue weighted by Gasteiger charge is -2.11. The number of hydrogen-bond donors (Lipinski definition) is 3. The normalized spacial score (nSPS) is 12.9. The van der Waals surface area contributed by atoms with E-state index in [4.69, 9.17) is 20.8 Å². The molecular formula is C15H16N4O3. The Hall–Kier alpha value is -2.85. The standard InChI is InChI=1S/C15H16N4O3/c1-9(8-20)22-12-4-13-11(6-18-15(13)19-7-12)3-2-10(5-16)14(17)21/h2,4,6-7,9,20H,3,8H2,1H3,(H2,17,21)(H,18,19)/b10-2+. The summed E-state index contributed by atoms with van der Waals surface area (Å²) in [6.07, 6.45) is 4.83. The molecule has 2 aromatic heterocycles. The highest BCUT2D eigenvalue weighted by Gasteiger charge is 2.09. The number of ether oxygens (including phenoxy) is 1. The highest BCUT2D eigenvalue weighted by atomic mass is 16.5. The highest BCUT2D eigenvalue weighted by molar-refractivity contribution is 5.96. The van der Waals surface area contributed by atoms with E-state index in [1.54, 1.807) is 31.5 Å². The first-order chi connectivity index (χ1) is 10.5. The molecule has 1 amide bonds. The van der Waals surface area contributed by atoms with Gasteiger partial charge in [0.05, 0.1) is 12.8 Å². The van der Waals surface area contributed by atoms with Crippen LogP contribution in [0.2, 0.25) is 0 Å². The maximum atomic E-state index is 11.0. The largest absolute Gasteiger partial charge is 0.487 e. The molecule has 0 aliphatic carbocycles. The average molecular weight is 300 g/mol. The molecule has 0 aliphatic heterocycles. The summed E-state index contributed by atoms with van der Waals surface area (Å²) in [5.74, 6) is -0.212. The fourth-order valence-corrected chi connectivity index (χ4v) is 1.95. The van der Waals surface area contributed by atoms with Crippen molar-refractivity contribution < 1.29 is 14.6 Å². The Morgan fingerprint density at radius 3 is 3.09 bits per heavy atom. The lowest BCUT2D eigenvalue weighted by molar-refractivity contribution is -0.114. The van der Waals surface area contributed by atoms with Gasteiger partial charge < -0.3 is 20.6 Å². The summed E-state index contributed by atoms with van der Waals surface area (Å²) in [4.78, 5) is 18.3. The Bertz CT molecular complexity index is 758. The van der Waals surface area contributed by atoms with Crippen molar-refractivity contribution in [1.82, 2.24) is 9.97 Å². The Morgan fingerprint density at radius 2 is 2.45 bits per heavy atom. The summed E-state index contributed by atoms with van der Waals surface area (Å²) in [5, 5.41) is 18.7. The molecule has 0 bridgehead atoms. The van der Waals surface area contributed by atoms with E-state index in [-0.39, 0.29) is 18.3 Å². The van der Waals surface area contributed by atoms with Crippen molar-refractivity contribution in [2.75, 3.05) is 6.61 Å². The van der Waals surface area contributed by atoms with Crippen LogP contribution in [0.4, 0.5) is 0 Å². The number of carbonyl (C=O) groups excluding carboxylic acids is 1. The Balaban J connectivity index is 2.29. The van der Waals surface area contributed by atoms with Crippen molar-refractivity contribution in [1.29, 1.82) is 5.26 Å². The first-order valence-corrected chi connectivity index (χ1v) is 6.68. The number of aromatic nitrogens is 2. The zero-order valence-corrected chi connectivity index (χ0v) is 12.0. The van der Waals surface area contributed by atoms with Gasteiger partial charge in [-0.15, -0.1) is 0 Å². The van der Waals surface area contributed by atoms with Crippen molar-refractivity contribution in [3.63, 3.8) is 0 Å². The Morgan fingerprint density at radius 1 is 1.68 bits per heavy atom. The van der Waals surface area contributed by atoms with E-state index in [9.17, 15) is 4.79 Å². The molecule has 1 unspecified atom stereocenters. The molecule has 0 spiro atoms. The molecule has 7 heteroatoms. The number of rotatable bonds is 6. The second kappa shape index (κ2) is 6.74. The number of primary amides is 1. The number of amides is 1. The quantitative estimate of drug-likeness (QED) is 0.537. The number of aromatic amines is 1. The molecule has 0 fully saturated rings. The van der Waals surface area contributed by atoms with Crippen LogP contribution >= 0.6 is 0 Å². The van der Waals surface area contributed by atoms with Gasteiger partial charge in [-0.25, -0.2) is 4.98 Å². The zero-order valence-electron chi connectivity index (χ0n) is 12.0. The molecule has 1 atom stereocenters. The molecule has 22 heavy (non-hydrogen) atoms. The third kappa shape index (κ3) is 3.42. The lowest BCUT2D eigenvalue weighted by atomic mass is 10.1. The van der Waals surface area contributed by atoms with Crippen molar-refractivity contribution in [2.24, 2.45) is 5.73 Å². The molecule has 0 aromatic carbocycles. The second-order valence-electron chi connectivity index (χ2n) is 4.79. The number of nitriles is 1. The number of pyridine rings is 1. The summed E-state index contributed by atoms with van der Waals surface area (Å²) in [6, 6.07) is 3.56. The molecule has 0 aliphatic rings. The number of nitrogens with zero attached hydrogens (tertiary/aromatic N) is 2. The Labute approximate surface area is 127 Å². The minimum atomic E-state index is -0.749. The van der Waals surface area contributed by atoms with E-state index < -0.39 is 5.91 Å². The van der Waals surface area contributed by atoms with Gasteiger partial charge in [0.15, 0.2) is 0 Å². The minimum Gasteiger partial charge on any atom is -0.487 e. The Kier molecular flexibility index (Phi) is 4.76. The van der Waals surface area contributed by atoms with Crippen LogP contribution < -0.4 is 10.5 Å². The van der Waals surface area contributed by atoms with E-state index >= 15 is 0 Å². The van der Waals surface area contributed by atoms with Gasteiger partial charge in [0.1, 0.15) is 29.1 Å². The number of carbonyl (C=O) groups is 1. The molecule has 0 saturated heterocycles. The predicted molar refractivity (Wildman–Crippen MR) is 79.9 cm³/mol. The molecule has 2 rings (SSSR count).